The Labute approximate surface area is 229 Å². The van der Waals surface area contributed by atoms with Gasteiger partial charge in [0.1, 0.15) is 15.8 Å². The van der Waals surface area contributed by atoms with E-state index < -0.39 is 0 Å². The average molecular weight is 550 g/mol. The number of aromatic nitrogens is 2. The van der Waals surface area contributed by atoms with Crippen LogP contribution in [0.3, 0.4) is 0 Å². The van der Waals surface area contributed by atoms with Crippen LogP contribution in [-0.4, -0.2) is 74.8 Å². The number of carbonyl (C=O) groups excluding carboxylic acids is 2. The number of benzene rings is 1. The van der Waals surface area contributed by atoms with E-state index in [1.165, 1.54) is 16.2 Å². The van der Waals surface area contributed by atoms with E-state index in [4.69, 9.17) is 21.9 Å². The number of rotatable bonds is 6. The molecule has 9 nitrogen and oxygen atoms in total. The van der Waals surface area contributed by atoms with Gasteiger partial charge in [-0.2, -0.15) is 0 Å². The molecule has 4 heterocycles. The van der Waals surface area contributed by atoms with Gasteiger partial charge in [-0.05, 0) is 37.1 Å². The zero-order valence-corrected chi connectivity index (χ0v) is 22.5. The number of fused-ring (bicyclic) bond motifs is 1. The van der Waals surface area contributed by atoms with Crippen molar-refractivity contribution in [1.29, 1.82) is 0 Å². The number of hydrogen-bond donors (Lipinski definition) is 0. The van der Waals surface area contributed by atoms with Gasteiger partial charge in [0.05, 0.1) is 17.1 Å². The summed E-state index contributed by atoms with van der Waals surface area (Å²) in [5, 5.41) is 0. The third kappa shape index (κ3) is 5.30. The Morgan fingerprint density at radius 3 is 2.55 bits per heavy atom. The third-order valence-corrected chi connectivity index (χ3v) is 7.85. The molecule has 2 aliphatic rings. The minimum absolute atomic E-state index is 0.216. The highest BCUT2D eigenvalue weighted by molar-refractivity contribution is 8.26. The number of pyridine rings is 1. The zero-order chi connectivity index (χ0) is 26.6. The third-order valence-electron chi connectivity index (χ3n) is 6.47. The maximum absolute atomic E-state index is 13.6. The molecule has 0 spiro atoms. The van der Waals surface area contributed by atoms with E-state index in [0.717, 1.165) is 5.56 Å². The largest absolute Gasteiger partial charge is 0.450 e. The topological polar surface area (TPSA) is 87.5 Å². The Morgan fingerprint density at radius 1 is 1.08 bits per heavy atom. The van der Waals surface area contributed by atoms with Gasteiger partial charge in [-0.3, -0.25) is 18.9 Å². The van der Waals surface area contributed by atoms with Crippen molar-refractivity contribution in [3.05, 3.63) is 81.1 Å². The molecule has 196 valence electrons. The normalized spacial score (nSPS) is 17.1. The standard InChI is InChI=1S/C27H27N5O4S2/c1-2-36-26(35)30-16-14-29(15-17-30)23-20(24(33)31-12-7-6-10-22(31)28-23)18-21-25(34)32(27(37)38-21)13-11-19-8-4-3-5-9-19/h3-10,12,18H,2,11,13-17H2,1H3. The van der Waals surface area contributed by atoms with Gasteiger partial charge in [-0.1, -0.05) is 60.4 Å². The highest BCUT2D eigenvalue weighted by atomic mass is 32.2. The summed E-state index contributed by atoms with van der Waals surface area (Å²) in [6, 6.07) is 15.3. The van der Waals surface area contributed by atoms with Crippen LogP contribution >= 0.6 is 24.0 Å². The predicted octanol–water partition coefficient (Wildman–Crippen LogP) is 3.42. The maximum atomic E-state index is 13.6. The Hall–Kier alpha value is -3.70. The number of piperazine rings is 1. The monoisotopic (exact) mass is 549 g/mol. The van der Waals surface area contributed by atoms with Crippen LogP contribution in [0.5, 0.6) is 0 Å². The van der Waals surface area contributed by atoms with Gasteiger partial charge in [0.2, 0.25) is 0 Å². The molecule has 1 aromatic carbocycles. The first-order chi connectivity index (χ1) is 18.5. The van der Waals surface area contributed by atoms with Gasteiger partial charge in [0, 0.05) is 38.9 Å². The van der Waals surface area contributed by atoms with Crippen molar-refractivity contribution in [2.24, 2.45) is 0 Å². The van der Waals surface area contributed by atoms with Crippen molar-refractivity contribution in [3.63, 3.8) is 0 Å². The van der Waals surface area contributed by atoms with Crippen molar-refractivity contribution >= 4 is 57.8 Å². The molecule has 11 heteroatoms. The summed E-state index contributed by atoms with van der Waals surface area (Å²) in [6.45, 7) is 4.39. The molecule has 0 radical (unpaired) electrons. The highest BCUT2D eigenvalue weighted by Gasteiger charge is 2.33. The maximum Gasteiger partial charge on any atom is 0.409 e. The smallest absolute Gasteiger partial charge is 0.409 e. The van der Waals surface area contributed by atoms with Crippen molar-refractivity contribution < 1.29 is 14.3 Å². The number of thiocarbonyl (C=S) groups is 1. The first kappa shape index (κ1) is 25.9. The van der Waals surface area contributed by atoms with Crippen molar-refractivity contribution in [1.82, 2.24) is 19.2 Å². The summed E-state index contributed by atoms with van der Waals surface area (Å²) in [5.41, 5.74) is 1.68. The lowest BCUT2D eigenvalue weighted by Gasteiger charge is -2.35. The van der Waals surface area contributed by atoms with Gasteiger partial charge in [0.25, 0.3) is 11.5 Å². The molecular formula is C27H27N5O4S2. The SMILES string of the molecule is CCOC(=O)N1CCN(c2nc3ccccn3c(=O)c2C=C2SC(=S)N(CCc3ccccc3)C2=O)CC1. The van der Waals surface area contributed by atoms with E-state index >= 15 is 0 Å². The molecule has 2 aliphatic heterocycles. The van der Waals surface area contributed by atoms with Crippen LogP contribution in [0.4, 0.5) is 10.6 Å². The van der Waals surface area contributed by atoms with Crippen molar-refractivity contribution in [3.8, 4) is 0 Å². The molecule has 0 aliphatic carbocycles. The fourth-order valence-corrected chi connectivity index (χ4v) is 5.77. The fraction of sp³-hybridized carbons (Fsp3) is 0.296. The first-order valence-electron chi connectivity index (χ1n) is 12.4. The van der Waals surface area contributed by atoms with Gasteiger partial charge in [0.15, 0.2) is 0 Å². The van der Waals surface area contributed by atoms with Crippen LogP contribution in [-0.2, 0) is 16.0 Å². The van der Waals surface area contributed by atoms with Crippen LogP contribution < -0.4 is 10.5 Å². The lowest BCUT2D eigenvalue weighted by atomic mass is 10.1. The molecule has 5 rings (SSSR count). The summed E-state index contributed by atoms with van der Waals surface area (Å²) in [5.74, 6) is 0.269. The number of hydrogen-bond acceptors (Lipinski definition) is 8. The molecule has 0 bridgehead atoms. The quantitative estimate of drug-likeness (QED) is 0.342. The first-order valence-corrected chi connectivity index (χ1v) is 13.7. The van der Waals surface area contributed by atoms with Crippen LogP contribution in [0, 0.1) is 0 Å². The van der Waals surface area contributed by atoms with E-state index in [9.17, 15) is 14.4 Å². The number of amides is 2. The molecule has 0 N–H and O–H groups in total. The lowest BCUT2D eigenvalue weighted by Crippen LogP contribution is -2.49. The summed E-state index contributed by atoms with van der Waals surface area (Å²) in [4.78, 5) is 49.5. The van der Waals surface area contributed by atoms with Crippen LogP contribution in [0.15, 0.2) is 64.4 Å². The summed E-state index contributed by atoms with van der Waals surface area (Å²) in [7, 11) is 0. The zero-order valence-electron chi connectivity index (χ0n) is 20.9. The number of ether oxygens (including phenoxy) is 1. The molecule has 2 saturated heterocycles. The molecule has 2 amide bonds. The highest BCUT2D eigenvalue weighted by Crippen LogP contribution is 2.33. The molecule has 0 saturated carbocycles. The Morgan fingerprint density at radius 2 is 1.82 bits per heavy atom. The minimum atomic E-state index is -0.349. The van der Waals surface area contributed by atoms with Crippen LogP contribution in [0.2, 0.25) is 0 Å². The van der Waals surface area contributed by atoms with E-state index in [1.807, 2.05) is 41.3 Å². The number of thioether (sulfide) groups is 1. The van der Waals surface area contributed by atoms with Crippen LogP contribution in [0.1, 0.15) is 18.1 Å². The Bertz CT molecular complexity index is 1470. The molecule has 0 unspecified atom stereocenters. The summed E-state index contributed by atoms with van der Waals surface area (Å²) < 4.78 is 7.07. The van der Waals surface area contributed by atoms with E-state index in [-0.39, 0.29) is 17.6 Å². The summed E-state index contributed by atoms with van der Waals surface area (Å²) in [6.07, 6.45) is 3.61. The van der Waals surface area contributed by atoms with E-state index in [1.54, 1.807) is 41.1 Å². The molecule has 0 atom stereocenters. The second-order valence-electron chi connectivity index (χ2n) is 8.83. The van der Waals surface area contributed by atoms with Gasteiger partial charge in [-0.15, -0.1) is 0 Å². The average Bonchev–Trinajstić information content (AvgIpc) is 3.21. The van der Waals surface area contributed by atoms with Gasteiger partial charge in [-0.25, -0.2) is 9.78 Å². The summed E-state index contributed by atoms with van der Waals surface area (Å²) >= 11 is 6.72. The molecule has 38 heavy (non-hydrogen) atoms. The number of anilines is 1. The second kappa shape index (κ2) is 11.4. The number of carbonyl (C=O) groups is 2. The van der Waals surface area contributed by atoms with Crippen molar-refractivity contribution in [2.45, 2.75) is 13.3 Å². The van der Waals surface area contributed by atoms with E-state index in [0.29, 0.717) is 72.0 Å². The lowest BCUT2D eigenvalue weighted by molar-refractivity contribution is -0.122. The molecular weight excluding hydrogens is 522 g/mol. The van der Waals surface area contributed by atoms with E-state index in [2.05, 4.69) is 0 Å². The minimum Gasteiger partial charge on any atom is -0.450 e. The Balaban J connectivity index is 1.44. The molecule has 2 aromatic heterocycles. The molecule has 3 aromatic rings. The second-order valence-corrected chi connectivity index (χ2v) is 10.5. The van der Waals surface area contributed by atoms with Crippen LogP contribution in [0.25, 0.3) is 11.7 Å². The predicted molar refractivity (Wildman–Crippen MR) is 152 cm³/mol. The van der Waals surface area contributed by atoms with Gasteiger partial charge >= 0.3 is 6.09 Å². The molecule has 2 fully saturated rings. The van der Waals surface area contributed by atoms with Gasteiger partial charge < -0.3 is 14.5 Å². The fourth-order valence-electron chi connectivity index (χ4n) is 4.48. The Kier molecular flexibility index (Phi) is 7.75. The number of nitrogens with zero attached hydrogens (tertiary/aromatic N) is 5. The van der Waals surface area contributed by atoms with Crippen molar-refractivity contribution in [2.75, 3.05) is 44.2 Å².